The number of alkyl halides is 3. The van der Waals surface area contributed by atoms with E-state index in [-0.39, 0.29) is 24.3 Å². The number of carbonyl (C=O) groups excluding carboxylic acids is 2. The van der Waals surface area contributed by atoms with Gasteiger partial charge in [0.05, 0.1) is 6.42 Å². The van der Waals surface area contributed by atoms with Crippen molar-refractivity contribution >= 4 is 45.3 Å². The second-order valence-corrected chi connectivity index (χ2v) is 8.58. The molecule has 1 rings (SSSR count). The maximum absolute atomic E-state index is 12.1. The third-order valence-electron chi connectivity index (χ3n) is 3.55. The van der Waals surface area contributed by atoms with Crippen LogP contribution in [-0.2, 0) is 19.2 Å². The van der Waals surface area contributed by atoms with Crippen LogP contribution in [0.15, 0.2) is 0 Å². The monoisotopic (exact) mass is 462 g/mol. The van der Waals surface area contributed by atoms with Crippen LogP contribution < -0.4 is 5.32 Å². The quantitative estimate of drug-likeness (QED) is 0.334. The minimum atomic E-state index is -5.08. The van der Waals surface area contributed by atoms with Gasteiger partial charge in [-0.25, -0.2) is 4.79 Å². The van der Waals surface area contributed by atoms with E-state index in [9.17, 15) is 27.6 Å². The SMILES string of the molecule is CCCC(=O)N1CCCC1C(=O)NCCSSCCC(=O)O.O=C(O)C(F)(F)F. The van der Waals surface area contributed by atoms with Crippen LogP contribution in [0.2, 0.25) is 0 Å². The molecule has 1 heterocycles. The summed E-state index contributed by atoms with van der Waals surface area (Å²) in [6.45, 7) is 3.18. The molecule has 3 N–H and O–H groups in total. The smallest absolute Gasteiger partial charge is 0.481 e. The number of likely N-dealkylation sites (tertiary alicyclic amines) is 1. The molecule has 0 aromatic heterocycles. The maximum Gasteiger partial charge on any atom is 0.490 e. The normalized spacial score (nSPS) is 16.0. The number of hydrogen-bond donors (Lipinski definition) is 3. The number of carbonyl (C=O) groups is 4. The fourth-order valence-electron chi connectivity index (χ4n) is 2.28. The van der Waals surface area contributed by atoms with E-state index in [0.717, 1.165) is 25.0 Å². The lowest BCUT2D eigenvalue weighted by Crippen LogP contribution is -2.46. The van der Waals surface area contributed by atoms with Crippen LogP contribution in [0.3, 0.4) is 0 Å². The summed E-state index contributed by atoms with van der Waals surface area (Å²) in [5.74, 6) is -2.26. The zero-order valence-electron chi connectivity index (χ0n) is 15.9. The van der Waals surface area contributed by atoms with E-state index in [1.165, 1.54) is 10.8 Å². The van der Waals surface area contributed by atoms with Gasteiger partial charge in [0.2, 0.25) is 11.8 Å². The molecule has 1 aliphatic rings. The van der Waals surface area contributed by atoms with Crippen molar-refractivity contribution in [2.24, 2.45) is 0 Å². The number of nitrogens with one attached hydrogen (secondary N) is 1. The van der Waals surface area contributed by atoms with E-state index in [2.05, 4.69) is 5.32 Å². The molecule has 8 nitrogen and oxygen atoms in total. The standard InChI is InChI=1S/C14H24N2O4S2.C2HF3O2/c1-2-4-12(17)16-8-3-5-11(16)14(20)15-7-10-22-21-9-6-13(18)19;3-2(4,5)1(6)7/h11H,2-10H2,1H3,(H,15,20)(H,18,19);(H,6,7). The van der Waals surface area contributed by atoms with Crippen molar-refractivity contribution in [3.8, 4) is 0 Å². The molecule has 1 unspecified atom stereocenters. The van der Waals surface area contributed by atoms with Crippen LogP contribution >= 0.6 is 21.6 Å². The summed E-state index contributed by atoms with van der Waals surface area (Å²) in [6.07, 6.45) is -2.01. The number of halogens is 3. The third kappa shape index (κ3) is 12.5. The Labute approximate surface area is 174 Å². The summed E-state index contributed by atoms with van der Waals surface area (Å²) < 4.78 is 31.7. The Hall–Kier alpha value is -1.63. The van der Waals surface area contributed by atoms with Crippen molar-refractivity contribution in [2.45, 2.75) is 51.2 Å². The van der Waals surface area contributed by atoms with Crippen molar-refractivity contribution in [3.63, 3.8) is 0 Å². The lowest BCUT2D eigenvalue weighted by molar-refractivity contribution is -0.192. The average molecular weight is 463 g/mol. The molecule has 0 saturated carbocycles. The van der Waals surface area contributed by atoms with Crippen molar-refractivity contribution in [1.29, 1.82) is 0 Å². The summed E-state index contributed by atoms with van der Waals surface area (Å²) in [5, 5.41) is 18.5. The highest BCUT2D eigenvalue weighted by molar-refractivity contribution is 8.76. The van der Waals surface area contributed by atoms with Crippen LogP contribution in [0.4, 0.5) is 13.2 Å². The Morgan fingerprint density at radius 3 is 2.21 bits per heavy atom. The zero-order valence-corrected chi connectivity index (χ0v) is 17.5. The lowest BCUT2D eigenvalue weighted by Gasteiger charge is -2.23. The van der Waals surface area contributed by atoms with Gasteiger partial charge in [0.1, 0.15) is 6.04 Å². The molecule has 0 aromatic rings. The predicted octanol–water partition coefficient (Wildman–Crippen LogP) is 2.38. The largest absolute Gasteiger partial charge is 0.490 e. The van der Waals surface area contributed by atoms with Crippen molar-refractivity contribution in [3.05, 3.63) is 0 Å². The van der Waals surface area contributed by atoms with E-state index in [1.807, 2.05) is 6.92 Å². The molecule has 168 valence electrons. The van der Waals surface area contributed by atoms with E-state index in [4.69, 9.17) is 15.0 Å². The first-order valence-corrected chi connectivity index (χ1v) is 11.3. The molecule has 0 radical (unpaired) electrons. The number of aliphatic carboxylic acids is 2. The number of carboxylic acids is 2. The van der Waals surface area contributed by atoms with Crippen molar-refractivity contribution < 1.29 is 42.6 Å². The van der Waals surface area contributed by atoms with E-state index in [1.54, 1.807) is 15.7 Å². The van der Waals surface area contributed by atoms with Crippen LogP contribution in [0.5, 0.6) is 0 Å². The summed E-state index contributed by atoms with van der Waals surface area (Å²) in [7, 11) is 3.05. The van der Waals surface area contributed by atoms with Gasteiger partial charge >= 0.3 is 18.1 Å². The zero-order chi connectivity index (χ0) is 22.4. The molecule has 0 spiro atoms. The van der Waals surface area contributed by atoms with Gasteiger partial charge in [-0.3, -0.25) is 14.4 Å². The van der Waals surface area contributed by atoms with Crippen LogP contribution in [-0.4, -0.2) is 75.7 Å². The van der Waals surface area contributed by atoms with Gasteiger partial charge in [0.15, 0.2) is 0 Å². The van der Waals surface area contributed by atoms with Crippen LogP contribution in [0.25, 0.3) is 0 Å². The number of nitrogens with zero attached hydrogens (tertiary/aromatic N) is 1. The number of carboxylic acid groups (broad SMARTS) is 2. The topological polar surface area (TPSA) is 124 Å². The molecule has 0 bridgehead atoms. The van der Waals surface area contributed by atoms with E-state index >= 15 is 0 Å². The van der Waals surface area contributed by atoms with Crippen LogP contribution in [0.1, 0.15) is 39.0 Å². The molecule has 0 aliphatic carbocycles. The fourth-order valence-corrected chi connectivity index (χ4v) is 4.16. The van der Waals surface area contributed by atoms with E-state index < -0.39 is 18.1 Å². The Bertz CT molecular complexity index is 563. The molecular formula is C16H25F3N2O6S2. The molecule has 13 heteroatoms. The summed E-state index contributed by atoms with van der Waals surface area (Å²) >= 11 is 0. The lowest BCUT2D eigenvalue weighted by atomic mass is 10.2. The number of rotatable bonds is 10. The highest BCUT2D eigenvalue weighted by atomic mass is 33.1. The maximum atomic E-state index is 12.1. The number of amides is 2. The molecule has 2 amide bonds. The van der Waals surface area contributed by atoms with E-state index in [0.29, 0.717) is 25.3 Å². The summed E-state index contributed by atoms with van der Waals surface area (Å²) in [5.41, 5.74) is 0. The van der Waals surface area contributed by atoms with Crippen molar-refractivity contribution in [2.75, 3.05) is 24.6 Å². The molecule has 1 atom stereocenters. The minimum absolute atomic E-state index is 0.0683. The Balaban J connectivity index is 0.000000956. The first kappa shape index (κ1) is 27.4. The second kappa shape index (κ2) is 14.4. The fraction of sp³-hybridized carbons (Fsp3) is 0.750. The Kier molecular flexibility index (Phi) is 13.6. The second-order valence-electron chi connectivity index (χ2n) is 5.88. The number of hydrogen-bond acceptors (Lipinski definition) is 6. The van der Waals surface area contributed by atoms with Gasteiger partial charge in [-0.1, -0.05) is 28.5 Å². The highest BCUT2D eigenvalue weighted by Gasteiger charge is 2.38. The van der Waals surface area contributed by atoms with Gasteiger partial charge in [0.25, 0.3) is 0 Å². The Morgan fingerprint density at radius 1 is 1.10 bits per heavy atom. The third-order valence-corrected chi connectivity index (χ3v) is 5.96. The van der Waals surface area contributed by atoms with Crippen molar-refractivity contribution in [1.82, 2.24) is 10.2 Å². The molecule has 0 aromatic carbocycles. The summed E-state index contributed by atoms with van der Waals surface area (Å²) in [4.78, 5) is 45.0. The van der Waals surface area contributed by atoms with Gasteiger partial charge in [0, 0.05) is 31.0 Å². The minimum Gasteiger partial charge on any atom is -0.481 e. The van der Waals surface area contributed by atoms with Gasteiger partial charge in [-0.2, -0.15) is 13.2 Å². The Morgan fingerprint density at radius 2 is 1.69 bits per heavy atom. The van der Waals surface area contributed by atoms with Gasteiger partial charge in [-0.15, -0.1) is 0 Å². The molecule has 29 heavy (non-hydrogen) atoms. The molecule has 1 fully saturated rings. The van der Waals surface area contributed by atoms with Crippen LogP contribution in [0, 0.1) is 0 Å². The van der Waals surface area contributed by atoms with Gasteiger partial charge in [-0.05, 0) is 19.3 Å². The van der Waals surface area contributed by atoms with Gasteiger partial charge < -0.3 is 20.4 Å². The predicted molar refractivity (Wildman–Crippen MR) is 104 cm³/mol. The average Bonchev–Trinajstić information content (AvgIpc) is 3.10. The molecular weight excluding hydrogens is 437 g/mol. The first-order valence-electron chi connectivity index (χ1n) is 8.84. The molecule has 1 aliphatic heterocycles. The molecule has 1 saturated heterocycles. The summed E-state index contributed by atoms with van der Waals surface area (Å²) in [6, 6.07) is -0.316. The first-order chi connectivity index (χ1) is 13.5. The highest BCUT2D eigenvalue weighted by Crippen LogP contribution is 2.22.